The van der Waals surface area contributed by atoms with Gasteiger partial charge in [0.05, 0.1) is 16.0 Å². The van der Waals surface area contributed by atoms with Crippen LogP contribution in [0, 0.1) is 0 Å². The summed E-state index contributed by atoms with van der Waals surface area (Å²) < 4.78 is 22.4. The van der Waals surface area contributed by atoms with E-state index >= 15 is 0 Å². The Labute approximate surface area is 134 Å². The lowest BCUT2D eigenvalue weighted by molar-refractivity contribution is -0.0581. The van der Waals surface area contributed by atoms with E-state index in [1.54, 1.807) is 12.1 Å². The molecule has 1 aromatic heterocycles. The summed E-state index contributed by atoms with van der Waals surface area (Å²) in [6, 6.07) is 7.04. The van der Waals surface area contributed by atoms with Crippen LogP contribution in [-0.4, -0.2) is 31.3 Å². The molecular formula is C13H8N2O6S2. The second-order valence-electron chi connectivity index (χ2n) is 4.52. The second-order valence-corrected chi connectivity index (χ2v) is 6.99. The number of hydroxylamine groups is 2. The molecule has 2 N–H and O–H groups in total. The first-order valence-electron chi connectivity index (χ1n) is 6.10. The van der Waals surface area contributed by atoms with Crippen LogP contribution in [0.2, 0.25) is 0 Å². The summed E-state index contributed by atoms with van der Waals surface area (Å²) in [6.07, 6.45) is 0. The summed E-state index contributed by atoms with van der Waals surface area (Å²) in [7, 11) is -3.95. The number of amides is 2. The van der Waals surface area contributed by atoms with E-state index < -0.39 is 27.8 Å². The van der Waals surface area contributed by atoms with Gasteiger partial charge < -0.3 is 4.84 Å². The van der Waals surface area contributed by atoms with Crippen LogP contribution in [0.25, 0.3) is 0 Å². The fraction of sp³-hybridized carbons (Fsp3) is 0. The highest BCUT2D eigenvalue weighted by molar-refractivity contribution is 7.89. The Bertz CT molecular complexity index is 912. The SMILES string of the molecule is NS(=O)(=O)c1csc(C(=O)ON2C(=O)c3ccccc3C2=O)c1. The Morgan fingerprint density at radius 1 is 1.13 bits per heavy atom. The largest absolute Gasteiger partial charge is 0.373 e. The smallest absolute Gasteiger partial charge is 0.323 e. The molecule has 23 heavy (non-hydrogen) atoms. The van der Waals surface area contributed by atoms with E-state index in [-0.39, 0.29) is 20.9 Å². The molecule has 1 aliphatic rings. The fourth-order valence-electron chi connectivity index (χ4n) is 1.95. The van der Waals surface area contributed by atoms with Gasteiger partial charge >= 0.3 is 5.97 Å². The number of hydrogen-bond acceptors (Lipinski definition) is 7. The van der Waals surface area contributed by atoms with Crippen molar-refractivity contribution in [3.05, 3.63) is 51.7 Å². The van der Waals surface area contributed by atoms with Crippen LogP contribution in [0.4, 0.5) is 0 Å². The maximum atomic E-state index is 12.1. The lowest BCUT2D eigenvalue weighted by Crippen LogP contribution is -2.32. The number of thiophene rings is 1. The Morgan fingerprint density at radius 3 is 2.17 bits per heavy atom. The fourth-order valence-corrected chi connectivity index (χ4v) is 3.63. The van der Waals surface area contributed by atoms with Crippen LogP contribution < -0.4 is 5.14 Å². The number of rotatable bonds is 3. The van der Waals surface area contributed by atoms with Gasteiger partial charge in [0, 0.05) is 5.38 Å². The average Bonchev–Trinajstić information content (AvgIpc) is 3.08. The van der Waals surface area contributed by atoms with Gasteiger partial charge in [0.25, 0.3) is 11.8 Å². The summed E-state index contributed by atoms with van der Waals surface area (Å²) >= 11 is 0.771. The molecule has 0 radical (unpaired) electrons. The molecule has 0 bridgehead atoms. The minimum Gasteiger partial charge on any atom is -0.323 e. The van der Waals surface area contributed by atoms with Crippen LogP contribution in [-0.2, 0) is 14.9 Å². The summed E-state index contributed by atoms with van der Waals surface area (Å²) in [5.74, 6) is -2.55. The number of carbonyl (C=O) groups is 3. The molecule has 118 valence electrons. The quantitative estimate of drug-likeness (QED) is 0.814. The normalized spacial score (nSPS) is 14.0. The van der Waals surface area contributed by atoms with Crippen LogP contribution in [0.3, 0.4) is 0 Å². The molecule has 0 aliphatic carbocycles. The van der Waals surface area contributed by atoms with Crippen LogP contribution in [0.1, 0.15) is 30.4 Å². The lowest BCUT2D eigenvalue weighted by atomic mass is 10.1. The predicted octanol–water partition coefficient (Wildman–Crippen LogP) is 0.764. The van der Waals surface area contributed by atoms with Crippen molar-refractivity contribution in [3.8, 4) is 0 Å². The Balaban J connectivity index is 1.83. The molecule has 3 rings (SSSR count). The topological polar surface area (TPSA) is 124 Å². The third-order valence-corrected chi connectivity index (χ3v) is 4.99. The third-order valence-electron chi connectivity index (χ3n) is 3.04. The zero-order valence-electron chi connectivity index (χ0n) is 11.3. The zero-order valence-corrected chi connectivity index (χ0v) is 12.9. The van der Waals surface area contributed by atoms with Gasteiger partial charge in [0.1, 0.15) is 4.88 Å². The van der Waals surface area contributed by atoms with Crippen molar-refractivity contribution in [2.24, 2.45) is 5.14 Å². The molecule has 0 fully saturated rings. The zero-order chi connectivity index (χ0) is 16.8. The number of benzene rings is 1. The maximum Gasteiger partial charge on any atom is 0.373 e. The first-order chi connectivity index (χ1) is 10.8. The minimum atomic E-state index is -3.95. The van der Waals surface area contributed by atoms with Gasteiger partial charge in [-0.25, -0.2) is 18.4 Å². The number of imide groups is 1. The summed E-state index contributed by atoms with van der Waals surface area (Å²) in [4.78, 5) is 40.5. The molecule has 2 amide bonds. The monoisotopic (exact) mass is 352 g/mol. The second kappa shape index (κ2) is 5.26. The van der Waals surface area contributed by atoms with E-state index in [1.165, 1.54) is 12.1 Å². The number of fused-ring (bicyclic) bond motifs is 1. The minimum absolute atomic E-state index is 0.106. The summed E-state index contributed by atoms with van der Waals surface area (Å²) in [5.41, 5.74) is 0.253. The molecule has 8 nitrogen and oxygen atoms in total. The predicted molar refractivity (Wildman–Crippen MR) is 78.0 cm³/mol. The van der Waals surface area contributed by atoms with Gasteiger partial charge in [-0.2, -0.15) is 0 Å². The molecule has 10 heteroatoms. The third kappa shape index (κ3) is 2.63. The van der Waals surface area contributed by atoms with E-state index in [9.17, 15) is 22.8 Å². The molecule has 0 atom stereocenters. The number of nitrogens with zero attached hydrogens (tertiary/aromatic N) is 1. The van der Waals surface area contributed by atoms with E-state index in [0.717, 1.165) is 22.8 Å². The highest BCUT2D eigenvalue weighted by Crippen LogP contribution is 2.25. The molecule has 0 saturated heterocycles. The number of nitrogens with two attached hydrogens (primary N) is 1. The number of hydrogen-bond donors (Lipinski definition) is 1. The molecule has 1 aromatic carbocycles. The standard InChI is InChI=1S/C13H8N2O6S2/c14-23(19,20)7-5-10(22-6-7)13(18)21-15-11(16)8-3-1-2-4-9(8)12(15)17/h1-6H,(H2,14,19,20). The number of sulfonamides is 1. The average molecular weight is 352 g/mol. The Morgan fingerprint density at radius 2 is 1.70 bits per heavy atom. The van der Waals surface area contributed by atoms with Gasteiger partial charge in [0.15, 0.2) is 0 Å². The van der Waals surface area contributed by atoms with E-state index in [2.05, 4.69) is 0 Å². The van der Waals surface area contributed by atoms with Crippen molar-refractivity contribution < 1.29 is 27.6 Å². The first-order valence-corrected chi connectivity index (χ1v) is 8.53. The molecule has 2 aromatic rings. The molecule has 0 unspecified atom stereocenters. The van der Waals surface area contributed by atoms with Crippen molar-refractivity contribution >= 4 is 39.1 Å². The maximum absolute atomic E-state index is 12.1. The molecule has 2 heterocycles. The number of carbonyl (C=O) groups excluding carboxylic acids is 3. The van der Waals surface area contributed by atoms with Gasteiger partial charge in [-0.1, -0.05) is 17.2 Å². The Kier molecular flexibility index (Phi) is 3.51. The Hall–Kier alpha value is -2.56. The molecule has 1 aliphatic heterocycles. The van der Waals surface area contributed by atoms with Crippen molar-refractivity contribution in [3.63, 3.8) is 0 Å². The van der Waals surface area contributed by atoms with Crippen LogP contribution in [0.15, 0.2) is 40.6 Å². The highest BCUT2D eigenvalue weighted by atomic mass is 32.2. The van der Waals surface area contributed by atoms with Crippen molar-refractivity contribution in [2.45, 2.75) is 4.90 Å². The van der Waals surface area contributed by atoms with Crippen molar-refractivity contribution in [2.75, 3.05) is 0 Å². The molecular weight excluding hydrogens is 344 g/mol. The first kappa shape index (κ1) is 15.3. The van der Waals surface area contributed by atoms with Crippen LogP contribution >= 0.6 is 11.3 Å². The number of primary sulfonamides is 1. The lowest BCUT2D eigenvalue weighted by Gasteiger charge is -2.11. The molecule has 0 saturated carbocycles. The van der Waals surface area contributed by atoms with E-state index in [0.29, 0.717) is 5.06 Å². The van der Waals surface area contributed by atoms with Crippen molar-refractivity contribution in [1.29, 1.82) is 0 Å². The van der Waals surface area contributed by atoms with Gasteiger partial charge in [-0.3, -0.25) is 9.59 Å². The van der Waals surface area contributed by atoms with E-state index in [4.69, 9.17) is 9.98 Å². The van der Waals surface area contributed by atoms with Gasteiger partial charge in [0.2, 0.25) is 10.0 Å². The summed E-state index contributed by atoms with van der Waals surface area (Å²) in [5, 5.41) is 6.46. The van der Waals surface area contributed by atoms with Crippen molar-refractivity contribution in [1.82, 2.24) is 5.06 Å². The van der Waals surface area contributed by atoms with E-state index in [1.807, 2.05) is 0 Å². The van der Waals surface area contributed by atoms with Gasteiger partial charge in [-0.15, -0.1) is 11.3 Å². The molecule has 0 spiro atoms. The van der Waals surface area contributed by atoms with Crippen LogP contribution in [0.5, 0.6) is 0 Å². The highest BCUT2D eigenvalue weighted by Gasteiger charge is 2.39. The summed E-state index contributed by atoms with van der Waals surface area (Å²) in [6.45, 7) is 0. The van der Waals surface area contributed by atoms with Gasteiger partial charge in [-0.05, 0) is 18.2 Å².